The zero-order chi connectivity index (χ0) is 17.2. The molecule has 122 valence electrons. The molecule has 3 N–H and O–H groups in total. The summed E-state index contributed by atoms with van der Waals surface area (Å²) in [5.74, 6) is -2.87. The minimum Gasteiger partial charge on any atom is -0.369 e. The fourth-order valence-electron chi connectivity index (χ4n) is 1.98. The second-order valence-corrected chi connectivity index (χ2v) is 5.56. The molecule has 0 fully saturated rings. The van der Waals surface area contributed by atoms with E-state index < -0.39 is 5.92 Å². The Bertz CT molecular complexity index is 736. The highest BCUT2D eigenvalue weighted by Crippen LogP contribution is 2.34. The molecule has 0 aliphatic carbocycles. The molecule has 0 unspecified atom stereocenters. The van der Waals surface area contributed by atoms with Gasteiger partial charge in [0.2, 0.25) is 5.96 Å². The highest BCUT2D eigenvalue weighted by atomic mass is 35.5. The number of halogens is 3. The van der Waals surface area contributed by atoms with Gasteiger partial charge in [0.1, 0.15) is 0 Å². The quantitative estimate of drug-likeness (QED) is 0.656. The number of rotatable bonds is 3. The highest BCUT2D eigenvalue weighted by molar-refractivity contribution is 6.31. The molecule has 0 amide bonds. The van der Waals surface area contributed by atoms with Crippen molar-refractivity contribution in [2.24, 2.45) is 10.7 Å². The molecule has 1 aromatic carbocycles. The van der Waals surface area contributed by atoms with Gasteiger partial charge in [-0.25, -0.2) is 18.7 Å². The minimum absolute atomic E-state index is 0.0114. The first-order chi connectivity index (χ1) is 10.6. The molecule has 1 heterocycles. The van der Waals surface area contributed by atoms with Crippen molar-refractivity contribution in [1.29, 1.82) is 0 Å². The van der Waals surface area contributed by atoms with Crippen LogP contribution in [0.15, 0.2) is 29.3 Å². The van der Waals surface area contributed by atoms with Crippen molar-refractivity contribution in [2.75, 3.05) is 5.32 Å². The highest BCUT2D eigenvalue weighted by Gasteiger charge is 2.27. The first-order valence-corrected chi connectivity index (χ1v) is 7.14. The molecule has 5 nitrogen and oxygen atoms in total. The van der Waals surface area contributed by atoms with E-state index in [2.05, 4.69) is 20.3 Å². The fraction of sp³-hybridized carbons (Fsp3) is 0.267. The molecule has 0 bridgehead atoms. The fourth-order valence-corrected chi connectivity index (χ4v) is 2.26. The van der Waals surface area contributed by atoms with Crippen LogP contribution in [0.5, 0.6) is 0 Å². The topological polar surface area (TPSA) is 76.2 Å². The standard InChI is InChI=1S/C15H16ClF2N5/c1-8-6-9(2)21-14(20-8)23-13(19)22-10-4-5-12(16)11(7-10)15(3,17)18/h4-7H,1-3H3,(H3,19,20,21,22,23). The van der Waals surface area contributed by atoms with Crippen LogP contribution in [0.4, 0.5) is 20.4 Å². The van der Waals surface area contributed by atoms with Gasteiger partial charge >= 0.3 is 0 Å². The maximum atomic E-state index is 13.5. The summed E-state index contributed by atoms with van der Waals surface area (Å²) < 4.78 is 26.9. The Kier molecular flexibility index (Phi) is 4.79. The molecule has 0 aliphatic heterocycles. The number of hydrogen-bond acceptors (Lipinski definition) is 3. The van der Waals surface area contributed by atoms with Crippen LogP contribution in [0, 0.1) is 13.8 Å². The number of anilines is 1. The lowest BCUT2D eigenvalue weighted by Crippen LogP contribution is -2.22. The second-order valence-electron chi connectivity index (χ2n) is 5.16. The molecule has 0 aliphatic rings. The van der Waals surface area contributed by atoms with E-state index in [0.717, 1.165) is 18.3 Å². The van der Waals surface area contributed by atoms with Gasteiger partial charge < -0.3 is 11.1 Å². The molecular formula is C15H16ClF2N5. The van der Waals surface area contributed by atoms with Gasteiger partial charge in [-0.2, -0.15) is 4.99 Å². The van der Waals surface area contributed by atoms with Crippen molar-refractivity contribution in [3.8, 4) is 0 Å². The van der Waals surface area contributed by atoms with E-state index >= 15 is 0 Å². The third kappa shape index (κ3) is 4.59. The zero-order valence-electron chi connectivity index (χ0n) is 12.9. The number of hydrogen-bond donors (Lipinski definition) is 2. The lowest BCUT2D eigenvalue weighted by atomic mass is 10.1. The monoisotopic (exact) mass is 339 g/mol. The van der Waals surface area contributed by atoms with Crippen LogP contribution >= 0.6 is 11.6 Å². The van der Waals surface area contributed by atoms with Crippen LogP contribution in [-0.2, 0) is 5.92 Å². The Morgan fingerprint density at radius 3 is 2.39 bits per heavy atom. The van der Waals surface area contributed by atoms with Crippen LogP contribution in [0.25, 0.3) is 0 Å². The van der Waals surface area contributed by atoms with Gasteiger partial charge in [0.25, 0.3) is 11.9 Å². The van der Waals surface area contributed by atoms with Crippen molar-refractivity contribution in [3.63, 3.8) is 0 Å². The van der Waals surface area contributed by atoms with E-state index in [0.29, 0.717) is 5.69 Å². The van der Waals surface area contributed by atoms with Crippen molar-refractivity contribution >= 4 is 29.2 Å². The Morgan fingerprint density at radius 1 is 1.22 bits per heavy atom. The number of guanidine groups is 1. The summed E-state index contributed by atoms with van der Waals surface area (Å²) in [6.45, 7) is 4.40. The number of aliphatic imine (C=N–C) groups is 1. The summed E-state index contributed by atoms with van der Waals surface area (Å²) in [6, 6.07) is 5.93. The van der Waals surface area contributed by atoms with Gasteiger partial charge in [-0.1, -0.05) is 11.6 Å². The van der Waals surface area contributed by atoms with Crippen LogP contribution in [-0.4, -0.2) is 15.9 Å². The molecule has 8 heteroatoms. The van der Waals surface area contributed by atoms with Crippen LogP contribution in [0.3, 0.4) is 0 Å². The Labute approximate surface area is 137 Å². The van der Waals surface area contributed by atoms with Gasteiger partial charge in [-0.05, 0) is 38.1 Å². The normalized spacial score (nSPS) is 12.3. The molecule has 23 heavy (non-hydrogen) atoms. The largest absolute Gasteiger partial charge is 0.369 e. The molecule has 0 atom stereocenters. The SMILES string of the molecule is Cc1cc(C)nc(N=C(N)Nc2ccc(Cl)c(C(C)(F)F)c2)n1. The van der Waals surface area contributed by atoms with Crippen LogP contribution < -0.4 is 11.1 Å². The molecular weight excluding hydrogens is 324 g/mol. The van der Waals surface area contributed by atoms with Crippen molar-refractivity contribution in [3.05, 3.63) is 46.2 Å². The molecule has 1 aromatic heterocycles. The lowest BCUT2D eigenvalue weighted by Gasteiger charge is -2.14. The van der Waals surface area contributed by atoms with Gasteiger partial charge in [-0.15, -0.1) is 0 Å². The summed E-state index contributed by atoms with van der Waals surface area (Å²) in [4.78, 5) is 12.3. The predicted octanol–water partition coefficient (Wildman–Crippen LogP) is 3.92. The van der Waals surface area contributed by atoms with E-state index in [1.54, 1.807) is 6.07 Å². The van der Waals surface area contributed by atoms with Gasteiger partial charge in [0.15, 0.2) is 0 Å². The zero-order valence-corrected chi connectivity index (χ0v) is 13.6. The summed E-state index contributed by atoms with van der Waals surface area (Å²) in [7, 11) is 0. The average Bonchev–Trinajstić information content (AvgIpc) is 2.38. The van der Waals surface area contributed by atoms with E-state index in [4.69, 9.17) is 17.3 Å². The molecule has 0 radical (unpaired) electrons. The summed E-state index contributed by atoms with van der Waals surface area (Å²) >= 11 is 5.79. The van der Waals surface area contributed by atoms with Gasteiger partial charge in [0.05, 0.1) is 0 Å². The first-order valence-electron chi connectivity index (χ1n) is 6.76. The van der Waals surface area contributed by atoms with E-state index in [1.807, 2.05) is 13.8 Å². The van der Waals surface area contributed by atoms with Crippen LogP contribution in [0.1, 0.15) is 23.9 Å². The van der Waals surface area contributed by atoms with Gasteiger partial charge in [0, 0.05) is 34.6 Å². The number of aromatic nitrogens is 2. The number of nitrogens with two attached hydrogens (primary N) is 1. The summed E-state index contributed by atoms with van der Waals surface area (Å²) in [6.07, 6.45) is 0. The molecule has 0 saturated heterocycles. The van der Waals surface area contributed by atoms with E-state index in [9.17, 15) is 8.78 Å². The molecule has 0 spiro atoms. The van der Waals surface area contributed by atoms with Crippen LogP contribution in [0.2, 0.25) is 5.02 Å². The number of nitrogens with one attached hydrogen (secondary N) is 1. The van der Waals surface area contributed by atoms with Crippen molar-refractivity contribution in [2.45, 2.75) is 26.7 Å². The third-order valence-corrected chi connectivity index (χ3v) is 3.23. The Hall–Kier alpha value is -2.28. The molecule has 0 saturated carbocycles. The van der Waals surface area contributed by atoms with Crippen molar-refractivity contribution in [1.82, 2.24) is 9.97 Å². The summed E-state index contributed by atoms with van der Waals surface area (Å²) in [5.41, 5.74) is 7.33. The van der Waals surface area contributed by atoms with Crippen molar-refractivity contribution < 1.29 is 8.78 Å². The Balaban J connectivity index is 2.26. The Morgan fingerprint density at radius 2 is 1.83 bits per heavy atom. The predicted molar refractivity (Wildman–Crippen MR) is 87.4 cm³/mol. The summed E-state index contributed by atoms with van der Waals surface area (Å²) in [5, 5.41) is 2.71. The first kappa shape index (κ1) is 17.1. The van der Waals surface area contributed by atoms with E-state index in [1.165, 1.54) is 18.2 Å². The number of benzene rings is 1. The van der Waals surface area contributed by atoms with E-state index in [-0.39, 0.29) is 22.5 Å². The molecule has 2 aromatic rings. The molecule has 2 rings (SSSR count). The number of aryl methyl sites for hydroxylation is 2. The lowest BCUT2D eigenvalue weighted by molar-refractivity contribution is 0.0176. The van der Waals surface area contributed by atoms with Gasteiger partial charge in [-0.3, -0.25) is 0 Å². The smallest absolute Gasteiger partial charge is 0.272 e. The minimum atomic E-state index is -3.06. The maximum Gasteiger partial charge on any atom is 0.272 e. The number of nitrogens with zero attached hydrogens (tertiary/aromatic N) is 3. The average molecular weight is 340 g/mol. The number of alkyl halides is 2. The third-order valence-electron chi connectivity index (χ3n) is 2.90. The second kappa shape index (κ2) is 6.45. The maximum absolute atomic E-state index is 13.5.